The summed E-state index contributed by atoms with van der Waals surface area (Å²) in [6.07, 6.45) is 3.12. The second kappa shape index (κ2) is 5.28. The number of nitrogens with zero attached hydrogens (tertiary/aromatic N) is 2. The molecule has 2 atom stereocenters. The van der Waals surface area contributed by atoms with Crippen molar-refractivity contribution in [2.24, 2.45) is 5.73 Å². The van der Waals surface area contributed by atoms with Gasteiger partial charge >= 0.3 is 0 Å². The molecule has 2 aromatic rings. The Labute approximate surface area is 115 Å². The third-order valence-electron chi connectivity index (χ3n) is 3.73. The van der Waals surface area contributed by atoms with Gasteiger partial charge in [-0.05, 0) is 24.5 Å². The molecule has 0 bridgehead atoms. The number of hydrogen-bond acceptors (Lipinski definition) is 4. The summed E-state index contributed by atoms with van der Waals surface area (Å²) < 4.78 is 31.6. The molecule has 4 nitrogen and oxygen atoms in total. The Morgan fingerprint density at radius 1 is 1.30 bits per heavy atom. The monoisotopic (exact) mass is 279 g/mol. The second-order valence-electron chi connectivity index (χ2n) is 5.16. The molecule has 0 spiro atoms. The summed E-state index contributed by atoms with van der Waals surface area (Å²) in [5.74, 6) is -0.197. The van der Waals surface area contributed by atoms with E-state index in [0.29, 0.717) is 17.3 Å². The summed E-state index contributed by atoms with van der Waals surface area (Å²) in [5.41, 5.74) is 6.33. The van der Waals surface area contributed by atoms with Crippen molar-refractivity contribution in [2.45, 2.75) is 37.6 Å². The smallest absolute Gasteiger partial charge is 0.231 e. The number of rotatable bonds is 3. The summed E-state index contributed by atoms with van der Waals surface area (Å²) in [5, 5.41) is 3.85. The number of aromatic nitrogens is 2. The maximum absolute atomic E-state index is 13.6. The molecule has 3 rings (SSSR count). The van der Waals surface area contributed by atoms with Crippen LogP contribution in [0.5, 0.6) is 0 Å². The molecule has 1 saturated carbocycles. The molecule has 6 heteroatoms. The lowest BCUT2D eigenvalue weighted by atomic mass is 10.0. The zero-order valence-electron chi connectivity index (χ0n) is 10.9. The van der Waals surface area contributed by atoms with Gasteiger partial charge in [0.25, 0.3) is 0 Å². The Balaban J connectivity index is 1.77. The van der Waals surface area contributed by atoms with Crippen LogP contribution in [0.15, 0.2) is 22.7 Å². The lowest BCUT2D eigenvalue weighted by Crippen LogP contribution is -2.22. The van der Waals surface area contributed by atoms with E-state index in [0.717, 1.165) is 25.3 Å². The molecule has 1 aromatic carbocycles. The number of benzene rings is 1. The molecule has 0 radical (unpaired) electrons. The normalized spacial score (nSPS) is 22.4. The fourth-order valence-corrected chi connectivity index (χ4v) is 2.62. The molecule has 0 amide bonds. The van der Waals surface area contributed by atoms with Gasteiger partial charge in [0.2, 0.25) is 5.89 Å². The molecular weight excluding hydrogens is 264 g/mol. The van der Waals surface area contributed by atoms with Crippen molar-refractivity contribution in [1.82, 2.24) is 10.1 Å². The van der Waals surface area contributed by atoms with E-state index in [-0.39, 0.29) is 18.4 Å². The summed E-state index contributed by atoms with van der Waals surface area (Å²) in [6, 6.07) is 3.50. The van der Waals surface area contributed by atoms with Crippen LogP contribution < -0.4 is 5.73 Å². The van der Waals surface area contributed by atoms with Crippen molar-refractivity contribution in [1.29, 1.82) is 0 Å². The molecule has 1 fully saturated rings. The first-order valence-corrected chi connectivity index (χ1v) is 6.65. The summed E-state index contributed by atoms with van der Waals surface area (Å²) >= 11 is 0. The minimum absolute atomic E-state index is 0.0471. The molecule has 2 unspecified atom stereocenters. The molecule has 1 aromatic heterocycles. The van der Waals surface area contributed by atoms with E-state index in [4.69, 9.17) is 10.3 Å². The Hall–Kier alpha value is -1.82. The fourth-order valence-electron chi connectivity index (χ4n) is 2.62. The van der Waals surface area contributed by atoms with Crippen LogP contribution in [0.4, 0.5) is 8.78 Å². The van der Waals surface area contributed by atoms with Crippen molar-refractivity contribution in [3.63, 3.8) is 0 Å². The number of hydrogen-bond donors (Lipinski definition) is 1. The van der Waals surface area contributed by atoms with Crippen LogP contribution in [-0.4, -0.2) is 16.2 Å². The van der Waals surface area contributed by atoms with Gasteiger partial charge in [0.15, 0.2) is 5.82 Å². The van der Waals surface area contributed by atoms with Crippen LogP contribution in [0.2, 0.25) is 0 Å². The van der Waals surface area contributed by atoms with Crippen molar-refractivity contribution < 1.29 is 13.3 Å². The van der Waals surface area contributed by atoms with Crippen molar-refractivity contribution in [3.05, 3.63) is 47.1 Å². The van der Waals surface area contributed by atoms with Crippen LogP contribution >= 0.6 is 0 Å². The van der Waals surface area contributed by atoms with Crippen molar-refractivity contribution in [3.8, 4) is 0 Å². The summed E-state index contributed by atoms with van der Waals surface area (Å²) in [6.45, 7) is 0. The van der Waals surface area contributed by atoms with E-state index in [9.17, 15) is 8.78 Å². The lowest BCUT2D eigenvalue weighted by Gasteiger charge is -2.08. The first kappa shape index (κ1) is 13.2. The van der Waals surface area contributed by atoms with Crippen LogP contribution in [-0.2, 0) is 6.42 Å². The Bertz CT molecular complexity index is 614. The fraction of sp³-hybridized carbons (Fsp3) is 0.429. The quantitative estimate of drug-likeness (QED) is 0.937. The van der Waals surface area contributed by atoms with Gasteiger partial charge in [-0.25, -0.2) is 8.78 Å². The van der Waals surface area contributed by atoms with E-state index < -0.39 is 11.6 Å². The molecule has 0 saturated heterocycles. The predicted octanol–water partition coefficient (Wildman–Crippen LogP) is 2.53. The van der Waals surface area contributed by atoms with Crippen LogP contribution in [0.3, 0.4) is 0 Å². The first-order chi connectivity index (χ1) is 9.63. The number of halogens is 2. The molecule has 1 aliphatic carbocycles. The Kier molecular flexibility index (Phi) is 3.48. The first-order valence-electron chi connectivity index (χ1n) is 6.65. The zero-order valence-corrected chi connectivity index (χ0v) is 10.9. The van der Waals surface area contributed by atoms with Gasteiger partial charge in [0.05, 0.1) is 5.92 Å². The van der Waals surface area contributed by atoms with Gasteiger partial charge in [-0.3, -0.25) is 0 Å². The molecule has 1 heterocycles. The average molecular weight is 279 g/mol. The van der Waals surface area contributed by atoms with Gasteiger partial charge < -0.3 is 10.3 Å². The van der Waals surface area contributed by atoms with Crippen LogP contribution in [0.1, 0.15) is 42.5 Å². The SMILES string of the molecule is NC1CCCC1c1nc(Cc2ccc(F)cc2F)no1. The van der Waals surface area contributed by atoms with E-state index in [2.05, 4.69) is 10.1 Å². The largest absolute Gasteiger partial charge is 0.339 e. The second-order valence-corrected chi connectivity index (χ2v) is 5.16. The number of nitrogens with two attached hydrogens (primary N) is 1. The Morgan fingerprint density at radius 3 is 2.85 bits per heavy atom. The van der Waals surface area contributed by atoms with E-state index in [1.807, 2.05) is 0 Å². The lowest BCUT2D eigenvalue weighted by molar-refractivity contribution is 0.342. The molecule has 106 valence electrons. The van der Waals surface area contributed by atoms with Gasteiger partial charge in [-0.1, -0.05) is 17.6 Å². The van der Waals surface area contributed by atoms with E-state index in [1.165, 1.54) is 12.1 Å². The summed E-state index contributed by atoms with van der Waals surface area (Å²) in [4.78, 5) is 4.28. The van der Waals surface area contributed by atoms with Crippen molar-refractivity contribution >= 4 is 0 Å². The molecule has 0 aliphatic heterocycles. The van der Waals surface area contributed by atoms with Gasteiger partial charge in [0, 0.05) is 18.5 Å². The topological polar surface area (TPSA) is 64.9 Å². The van der Waals surface area contributed by atoms with Gasteiger partial charge in [-0.15, -0.1) is 0 Å². The minimum atomic E-state index is -0.603. The highest BCUT2D eigenvalue weighted by Gasteiger charge is 2.30. The molecule has 20 heavy (non-hydrogen) atoms. The standard InChI is InChI=1S/C14H15F2N3O/c15-9-5-4-8(11(16)7-9)6-13-18-14(20-19-13)10-2-1-3-12(10)17/h4-5,7,10,12H,1-3,6,17H2. The predicted molar refractivity (Wildman–Crippen MR) is 68.0 cm³/mol. The van der Waals surface area contributed by atoms with Crippen molar-refractivity contribution in [2.75, 3.05) is 0 Å². The zero-order chi connectivity index (χ0) is 14.1. The maximum Gasteiger partial charge on any atom is 0.231 e. The van der Waals surface area contributed by atoms with Crippen LogP contribution in [0.25, 0.3) is 0 Å². The van der Waals surface area contributed by atoms with Crippen LogP contribution in [0, 0.1) is 11.6 Å². The molecule has 2 N–H and O–H groups in total. The maximum atomic E-state index is 13.6. The molecular formula is C14H15F2N3O. The van der Waals surface area contributed by atoms with E-state index >= 15 is 0 Å². The highest BCUT2D eigenvalue weighted by molar-refractivity contribution is 5.22. The average Bonchev–Trinajstić information content (AvgIpc) is 3.01. The Morgan fingerprint density at radius 2 is 2.15 bits per heavy atom. The van der Waals surface area contributed by atoms with Gasteiger partial charge in [0.1, 0.15) is 11.6 Å². The third-order valence-corrected chi connectivity index (χ3v) is 3.73. The highest BCUT2D eigenvalue weighted by atomic mass is 19.1. The third kappa shape index (κ3) is 2.56. The summed E-state index contributed by atoms with van der Waals surface area (Å²) in [7, 11) is 0. The van der Waals surface area contributed by atoms with E-state index in [1.54, 1.807) is 0 Å². The highest BCUT2D eigenvalue weighted by Crippen LogP contribution is 2.32. The minimum Gasteiger partial charge on any atom is -0.339 e. The molecule has 1 aliphatic rings. The van der Waals surface area contributed by atoms with Gasteiger partial charge in [-0.2, -0.15) is 4.98 Å².